The summed E-state index contributed by atoms with van der Waals surface area (Å²) in [5.74, 6) is -1.87. The van der Waals surface area contributed by atoms with Gasteiger partial charge in [-0.3, -0.25) is 14.5 Å². The second-order valence-electron chi connectivity index (χ2n) is 8.88. The molecule has 2 aromatic rings. The summed E-state index contributed by atoms with van der Waals surface area (Å²) in [5.41, 5.74) is 9.78. The molecule has 0 bridgehead atoms. The largest absolute Gasteiger partial charge is 0.477 e. The number of carbonyl (C=O) groups excluding carboxylic acids is 2. The van der Waals surface area contributed by atoms with E-state index in [0.717, 1.165) is 30.6 Å². The van der Waals surface area contributed by atoms with Gasteiger partial charge in [0, 0.05) is 30.2 Å². The number of nitrogens with zero attached hydrogens (tertiary/aromatic N) is 4. The third-order valence-electron chi connectivity index (χ3n) is 6.47. The minimum absolute atomic E-state index is 0.00317. The molecular formula is C23H27N6O6S3+. The molecule has 0 spiro atoms. The third kappa shape index (κ3) is 5.15. The topological polar surface area (TPSA) is 160 Å². The first kappa shape index (κ1) is 26.6. The lowest BCUT2D eigenvalue weighted by Gasteiger charge is -2.49. The van der Waals surface area contributed by atoms with Gasteiger partial charge in [-0.05, 0) is 19.3 Å². The second-order valence-corrected chi connectivity index (χ2v) is 11.8. The number of rotatable bonds is 10. The summed E-state index contributed by atoms with van der Waals surface area (Å²) < 4.78 is 7.04. The highest BCUT2D eigenvalue weighted by Crippen LogP contribution is 2.40. The van der Waals surface area contributed by atoms with E-state index < -0.39 is 29.2 Å². The molecule has 3 aliphatic rings. The highest BCUT2D eigenvalue weighted by molar-refractivity contribution is 8.00. The molecule has 2 aromatic heterocycles. The van der Waals surface area contributed by atoms with E-state index in [-0.39, 0.29) is 35.4 Å². The fourth-order valence-corrected chi connectivity index (χ4v) is 7.62. The van der Waals surface area contributed by atoms with E-state index >= 15 is 0 Å². The number of fused-ring (bicyclic) bond motifs is 2. The van der Waals surface area contributed by atoms with Crippen molar-refractivity contribution in [3.8, 4) is 0 Å². The zero-order chi connectivity index (χ0) is 26.8. The molecule has 1 fully saturated rings. The second kappa shape index (κ2) is 11.4. The molecule has 0 saturated carbocycles. The van der Waals surface area contributed by atoms with Crippen molar-refractivity contribution < 1.29 is 33.6 Å². The van der Waals surface area contributed by atoms with Crippen molar-refractivity contribution in [2.75, 3.05) is 31.8 Å². The Kier molecular flexibility index (Phi) is 7.97. The van der Waals surface area contributed by atoms with Gasteiger partial charge in [-0.25, -0.2) is 9.78 Å². The number of aryl methyl sites for hydroxylation is 1. The number of nitrogens with two attached hydrogens (primary N) is 1. The number of anilines is 1. The van der Waals surface area contributed by atoms with Crippen LogP contribution >= 0.6 is 34.4 Å². The first-order valence-electron chi connectivity index (χ1n) is 12.0. The molecule has 0 radical (unpaired) electrons. The Bertz CT molecular complexity index is 1320. The highest BCUT2D eigenvalue weighted by atomic mass is 32.2. The van der Waals surface area contributed by atoms with Crippen LogP contribution in [0.15, 0.2) is 27.3 Å². The molecule has 2 atom stereocenters. The average Bonchev–Trinajstić information content (AvgIpc) is 3.52. The number of nitrogens with one attached hydrogen (secondary N) is 1. The maximum atomic E-state index is 13.2. The number of amides is 2. The van der Waals surface area contributed by atoms with Crippen molar-refractivity contribution >= 4 is 63.1 Å². The Balaban J connectivity index is 1.33. The summed E-state index contributed by atoms with van der Waals surface area (Å²) in [7, 11) is 1.51. The summed E-state index contributed by atoms with van der Waals surface area (Å²) in [5, 5.41) is 17.9. The quantitative estimate of drug-likeness (QED) is 0.121. The van der Waals surface area contributed by atoms with Crippen molar-refractivity contribution in [2.24, 2.45) is 5.16 Å². The van der Waals surface area contributed by atoms with Crippen molar-refractivity contribution in [2.45, 2.75) is 43.6 Å². The number of β-lactam (4-membered cyclic amide) rings is 1. The van der Waals surface area contributed by atoms with Crippen LogP contribution in [0.2, 0.25) is 0 Å². The van der Waals surface area contributed by atoms with Crippen LogP contribution in [0.5, 0.6) is 0 Å². The number of carboxylic acid groups (broad SMARTS) is 1. The fraction of sp³-hybridized carbons (Fsp3) is 0.478. The molecule has 2 aliphatic heterocycles. The number of ether oxygens (including phenoxy) is 1. The van der Waals surface area contributed by atoms with Gasteiger partial charge in [0.15, 0.2) is 23.1 Å². The zero-order valence-corrected chi connectivity index (χ0v) is 23.0. The molecule has 15 heteroatoms. The number of thioether (sulfide) groups is 1. The summed E-state index contributed by atoms with van der Waals surface area (Å²) >= 11 is 4.27. The normalized spacial score (nSPS) is 21.0. The lowest BCUT2D eigenvalue weighted by Crippen LogP contribution is -2.71. The Labute approximate surface area is 230 Å². The molecule has 202 valence electrons. The van der Waals surface area contributed by atoms with Crippen LogP contribution in [-0.4, -0.2) is 76.0 Å². The predicted molar refractivity (Wildman–Crippen MR) is 142 cm³/mol. The molecule has 2 amide bonds. The van der Waals surface area contributed by atoms with Gasteiger partial charge >= 0.3 is 5.97 Å². The number of hydrogen-bond donors (Lipinski definition) is 3. The number of aliphatic carboxylic acids is 1. The minimum atomic E-state index is -1.15. The smallest absolute Gasteiger partial charge is 0.352 e. The SMILES string of the molecule is COCCON=C(C(=O)N[C@@H]1C(=O)N2C(C(=O)O)=C(C[n+]3csc4c3CCCC4)CS[C@@H]12)c1csc(N)n1. The standard InChI is InChI=1S/C23H26N6O6S3/c1-34-6-7-35-27-16(13-10-37-23(24)25-13)19(30)26-17-20(31)29-18(22(32)33)12(9-36-21(17)29)8-28-11-38-15-5-3-2-4-14(15)28/h10-11,17,21H,2-9H2,1H3,(H3-,24,25,26,30,32,33)/p+1/t17-,21+/m1/s1. The van der Waals surface area contributed by atoms with Crippen LogP contribution in [0, 0.1) is 0 Å². The van der Waals surface area contributed by atoms with Crippen LogP contribution in [0.3, 0.4) is 0 Å². The monoisotopic (exact) mass is 579 g/mol. The summed E-state index contributed by atoms with van der Waals surface area (Å²) in [6, 6.07) is -0.912. The van der Waals surface area contributed by atoms with Gasteiger partial charge in [-0.15, -0.1) is 23.1 Å². The number of nitrogen functional groups attached to an aromatic ring is 1. The minimum Gasteiger partial charge on any atom is -0.477 e. The van der Waals surface area contributed by atoms with Gasteiger partial charge in [0.1, 0.15) is 29.4 Å². The Hall–Kier alpha value is -3.01. The fourth-order valence-electron chi connectivity index (χ4n) is 4.67. The van der Waals surface area contributed by atoms with Crippen LogP contribution < -0.4 is 15.6 Å². The van der Waals surface area contributed by atoms with Gasteiger partial charge < -0.3 is 25.7 Å². The van der Waals surface area contributed by atoms with Gasteiger partial charge in [0.25, 0.3) is 11.8 Å². The van der Waals surface area contributed by atoms with Crippen LogP contribution in [0.1, 0.15) is 29.1 Å². The number of carbonyl (C=O) groups is 3. The molecule has 38 heavy (non-hydrogen) atoms. The van der Waals surface area contributed by atoms with Gasteiger partial charge in [0.2, 0.25) is 5.51 Å². The number of methoxy groups -OCH3 is 1. The average molecular weight is 580 g/mol. The Morgan fingerprint density at radius 3 is 2.87 bits per heavy atom. The predicted octanol–water partition coefficient (Wildman–Crippen LogP) is 0.759. The van der Waals surface area contributed by atoms with Crippen molar-refractivity contribution in [3.05, 3.63) is 38.4 Å². The lowest BCUT2D eigenvalue weighted by molar-refractivity contribution is -0.692. The van der Waals surface area contributed by atoms with Gasteiger partial charge in [-0.1, -0.05) is 16.5 Å². The van der Waals surface area contributed by atoms with E-state index in [4.69, 9.17) is 15.3 Å². The molecule has 12 nitrogen and oxygen atoms in total. The summed E-state index contributed by atoms with van der Waals surface area (Å²) in [4.78, 5) is 50.5. The van der Waals surface area contributed by atoms with E-state index in [9.17, 15) is 19.5 Å². The van der Waals surface area contributed by atoms with E-state index in [2.05, 4.69) is 20.0 Å². The van der Waals surface area contributed by atoms with E-state index in [1.165, 1.54) is 40.8 Å². The molecule has 4 N–H and O–H groups in total. The van der Waals surface area contributed by atoms with Crippen LogP contribution in [0.25, 0.3) is 0 Å². The number of hydrogen-bond acceptors (Lipinski definition) is 11. The van der Waals surface area contributed by atoms with Gasteiger partial charge in [-0.2, -0.15) is 4.57 Å². The number of oxime groups is 1. The lowest BCUT2D eigenvalue weighted by atomic mass is 10.0. The maximum Gasteiger partial charge on any atom is 0.352 e. The highest BCUT2D eigenvalue weighted by Gasteiger charge is 2.55. The Morgan fingerprint density at radius 2 is 2.13 bits per heavy atom. The molecule has 0 aromatic carbocycles. The molecule has 0 unspecified atom stereocenters. The van der Waals surface area contributed by atoms with Crippen LogP contribution in [-0.2, 0) is 43.3 Å². The van der Waals surface area contributed by atoms with E-state index in [1.807, 2.05) is 5.51 Å². The van der Waals surface area contributed by atoms with E-state index in [0.29, 0.717) is 17.9 Å². The first-order valence-corrected chi connectivity index (χ1v) is 14.8. The summed E-state index contributed by atoms with van der Waals surface area (Å²) in [6.07, 6.45) is 4.32. The van der Waals surface area contributed by atoms with Gasteiger partial charge in [0.05, 0.1) is 11.5 Å². The molecular weight excluding hydrogens is 552 g/mol. The summed E-state index contributed by atoms with van der Waals surface area (Å²) in [6.45, 7) is 0.808. The number of carboxylic acids is 1. The third-order valence-corrected chi connectivity index (χ3v) is 9.57. The van der Waals surface area contributed by atoms with Crippen molar-refractivity contribution in [3.63, 3.8) is 0 Å². The van der Waals surface area contributed by atoms with Crippen molar-refractivity contribution in [1.82, 2.24) is 15.2 Å². The molecule has 4 heterocycles. The molecule has 1 saturated heterocycles. The first-order chi connectivity index (χ1) is 18.4. The molecule has 5 rings (SSSR count). The molecule has 1 aliphatic carbocycles. The Morgan fingerprint density at radius 1 is 1.32 bits per heavy atom. The zero-order valence-electron chi connectivity index (χ0n) is 20.5. The number of aromatic nitrogens is 2. The van der Waals surface area contributed by atoms with E-state index in [1.54, 1.807) is 16.7 Å². The number of thiazole rings is 2. The van der Waals surface area contributed by atoms with Crippen molar-refractivity contribution in [1.29, 1.82) is 0 Å². The van der Waals surface area contributed by atoms with Crippen LogP contribution in [0.4, 0.5) is 5.13 Å². The maximum absolute atomic E-state index is 13.2.